The summed E-state index contributed by atoms with van der Waals surface area (Å²) >= 11 is 0. The Kier molecular flexibility index (Phi) is 5.81. The van der Waals surface area contributed by atoms with E-state index in [-0.39, 0.29) is 6.04 Å². The Morgan fingerprint density at radius 3 is 2.62 bits per heavy atom. The summed E-state index contributed by atoms with van der Waals surface area (Å²) in [5.41, 5.74) is 4.06. The quantitative estimate of drug-likeness (QED) is 0.575. The molecule has 0 saturated carbocycles. The molecule has 0 spiro atoms. The van der Waals surface area contributed by atoms with Crippen molar-refractivity contribution in [3.63, 3.8) is 0 Å². The fourth-order valence-corrected chi connectivity index (χ4v) is 4.59. The van der Waals surface area contributed by atoms with Gasteiger partial charge in [0.25, 0.3) is 0 Å². The molecule has 4 rings (SSSR count). The first-order valence-corrected chi connectivity index (χ1v) is 10.7. The molecule has 1 aromatic heterocycles. The average molecular weight is 393 g/mol. The van der Waals surface area contributed by atoms with Crippen molar-refractivity contribution in [3.8, 4) is 11.5 Å². The van der Waals surface area contributed by atoms with Crippen LogP contribution in [-0.2, 0) is 6.54 Å². The largest absolute Gasteiger partial charge is 0.493 e. The third-order valence-corrected chi connectivity index (χ3v) is 6.15. The van der Waals surface area contributed by atoms with Gasteiger partial charge in [0.15, 0.2) is 11.5 Å². The second kappa shape index (κ2) is 8.50. The van der Waals surface area contributed by atoms with Crippen molar-refractivity contribution in [2.75, 3.05) is 20.8 Å². The number of nitrogens with zero attached hydrogens (tertiary/aromatic N) is 1. The van der Waals surface area contributed by atoms with Gasteiger partial charge < -0.3 is 19.4 Å². The van der Waals surface area contributed by atoms with Crippen LogP contribution in [0.2, 0.25) is 0 Å². The molecule has 0 radical (unpaired) electrons. The topological polar surface area (TPSA) is 35.4 Å². The molecule has 2 unspecified atom stereocenters. The first-order chi connectivity index (χ1) is 14.1. The summed E-state index contributed by atoms with van der Waals surface area (Å²) in [6.45, 7) is 6.68. The molecule has 1 N–H and O–H groups in total. The molecule has 0 amide bonds. The van der Waals surface area contributed by atoms with Gasteiger partial charge in [-0.1, -0.05) is 38.1 Å². The zero-order valence-electron chi connectivity index (χ0n) is 17.9. The van der Waals surface area contributed by atoms with Crippen molar-refractivity contribution in [2.24, 2.45) is 5.92 Å². The molecule has 1 fully saturated rings. The van der Waals surface area contributed by atoms with E-state index in [4.69, 9.17) is 9.47 Å². The zero-order valence-corrected chi connectivity index (χ0v) is 17.9. The van der Waals surface area contributed by atoms with Crippen molar-refractivity contribution >= 4 is 10.9 Å². The first kappa shape index (κ1) is 19.8. The maximum absolute atomic E-state index is 5.55. The highest BCUT2D eigenvalue weighted by molar-refractivity contribution is 5.84. The summed E-state index contributed by atoms with van der Waals surface area (Å²) in [6.07, 6.45) is 4.73. The molecule has 2 atom stereocenters. The molecule has 29 heavy (non-hydrogen) atoms. The molecular weight excluding hydrogens is 360 g/mol. The van der Waals surface area contributed by atoms with E-state index in [0.29, 0.717) is 11.8 Å². The molecule has 1 saturated heterocycles. The van der Waals surface area contributed by atoms with Gasteiger partial charge in [0.05, 0.1) is 14.2 Å². The molecule has 2 heterocycles. The molecule has 0 bridgehead atoms. The van der Waals surface area contributed by atoms with Gasteiger partial charge in [-0.15, -0.1) is 0 Å². The molecule has 0 aliphatic carbocycles. The lowest BCUT2D eigenvalue weighted by molar-refractivity contribution is 0.354. The number of methoxy groups -OCH3 is 2. The van der Waals surface area contributed by atoms with Gasteiger partial charge >= 0.3 is 0 Å². The number of para-hydroxylation sites is 1. The molecule has 4 nitrogen and oxygen atoms in total. The second-order valence-corrected chi connectivity index (χ2v) is 8.42. The molecule has 4 heteroatoms. The summed E-state index contributed by atoms with van der Waals surface area (Å²) in [4.78, 5) is 0. The molecule has 1 aliphatic heterocycles. The monoisotopic (exact) mass is 392 g/mol. The standard InChI is InChI=1S/C25H32N2O2/c1-17(2)12-14-27-16-21(19-7-5-6-8-22(19)27)20-11-13-26-25(20)18-9-10-23(28-3)24(15-18)29-4/h5-10,15-17,20,25-26H,11-14H2,1-4H3. The Morgan fingerprint density at radius 2 is 1.86 bits per heavy atom. The maximum Gasteiger partial charge on any atom is 0.161 e. The number of benzene rings is 2. The van der Waals surface area contributed by atoms with Crippen molar-refractivity contribution in [1.29, 1.82) is 0 Å². The van der Waals surface area contributed by atoms with E-state index >= 15 is 0 Å². The predicted octanol–water partition coefficient (Wildman–Crippen LogP) is 5.52. The van der Waals surface area contributed by atoms with E-state index in [9.17, 15) is 0 Å². The van der Waals surface area contributed by atoms with E-state index in [1.165, 1.54) is 28.5 Å². The third kappa shape index (κ3) is 3.86. The van der Waals surface area contributed by atoms with Gasteiger partial charge in [-0.05, 0) is 54.6 Å². The highest BCUT2D eigenvalue weighted by atomic mass is 16.5. The van der Waals surface area contributed by atoms with Crippen LogP contribution in [0, 0.1) is 5.92 Å². The van der Waals surface area contributed by atoms with Crippen LogP contribution in [0.4, 0.5) is 0 Å². The van der Waals surface area contributed by atoms with Crippen molar-refractivity contribution in [3.05, 3.63) is 59.8 Å². The summed E-state index contributed by atoms with van der Waals surface area (Å²) in [5, 5.41) is 5.11. The lowest BCUT2D eigenvalue weighted by atomic mass is 9.87. The van der Waals surface area contributed by atoms with Crippen LogP contribution in [-0.4, -0.2) is 25.3 Å². The summed E-state index contributed by atoms with van der Waals surface area (Å²) in [5.74, 6) is 2.71. The Morgan fingerprint density at radius 1 is 1.07 bits per heavy atom. The highest BCUT2D eigenvalue weighted by Crippen LogP contribution is 2.43. The molecule has 2 aromatic carbocycles. The minimum atomic E-state index is 0.277. The number of hydrogen-bond acceptors (Lipinski definition) is 3. The first-order valence-electron chi connectivity index (χ1n) is 10.7. The van der Waals surface area contributed by atoms with Crippen LogP contribution in [0.15, 0.2) is 48.7 Å². The number of aryl methyl sites for hydroxylation is 1. The van der Waals surface area contributed by atoms with E-state index in [1.54, 1.807) is 14.2 Å². The molecule has 154 valence electrons. The van der Waals surface area contributed by atoms with Gasteiger partial charge in [0, 0.05) is 35.6 Å². The second-order valence-electron chi connectivity index (χ2n) is 8.42. The fourth-order valence-electron chi connectivity index (χ4n) is 4.59. The number of hydrogen-bond donors (Lipinski definition) is 1. The van der Waals surface area contributed by atoms with Crippen molar-refractivity contribution in [1.82, 2.24) is 9.88 Å². The Bertz CT molecular complexity index is 976. The summed E-state index contributed by atoms with van der Waals surface area (Å²) in [7, 11) is 3.38. The van der Waals surface area contributed by atoms with E-state index in [0.717, 1.165) is 31.0 Å². The molecule has 1 aliphatic rings. The lowest BCUT2D eigenvalue weighted by Crippen LogP contribution is -2.17. The smallest absolute Gasteiger partial charge is 0.161 e. The van der Waals surface area contributed by atoms with Gasteiger partial charge in [-0.2, -0.15) is 0 Å². The highest BCUT2D eigenvalue weighted by Gasteiger charge is 2.32. The molecule has 3 aromatic rings. The lowest BCUT2D eigenvalue weighted by Gasteiger charge is -2.21. The van der Waals surface area contributed by atoms with Crippen LogP contribution in [0.3, 0.4) is 0 Å². The van der Waals surface area contributed by atoms with Crippen LogP contribution in [0.25, 0.3) is 10.9 Å². The fraction of sp³-hybridized carbons (Fsp3) is 0.440. The number of ether oxygens (including phenoxy) is 2. The summed E-state index contributed by atoms with van der Waals surface area (Å²) in [6, 6.07) is 15.4. The van der Waals surface area contributed by atoms with Gasteiger partial charge in [0.1, 0.15) is 0 Å². The van der Waals surface area contributed by atoms with Crippen molar-refractivity contribution in [2.45, 2.75) is 45.2 Å². The Hall–Kier alpha value is -2.46. The number of rotatable bonds is 7. The van der Waals surface area contributed by atoms with Gasteiger partial charge in [-0.3, -0.25) is 0 Å². The van der Waals surface area contributed by atoms with E-state index in [2.05, 4.69) is 66.3 Å². The van der Waals surface area contributed by atoms with Gasteiger partial charge in [0.2, 0.25) is 0 Å². The van der Waals surface area contributed by atoms with E-state index < -0.39 is 0 Å². The third-order valence-electron chi connectivity index (χ3n) is 6.15. The summed E-state index contributed by atoms with van der Waals surface area (Å²) < 4.78 is 13.4. The number of fused-ring (bicyclic) bond motifs is 1. The van der Waals surface area contributed by atoms with Crippen LogP contribution >= 0.6 is 0 Å². The number of aromatic nitrogens is 1. The minimum Gasteiger partial charge on any atom is -0.493 e. The molecular formula is C25H32N2O2. The normalized spacial score (nSPS) is 19.2. The zero-order chi connectivity index (χ0) is 20.4. The Labute approximate surface area is 173 Å². The van der Waals surface area contributed by atoms with Crippen LogP contribution < -0.4 is 14.8 Å². The SMILES string of the molecule is COc1ccc(C2NCCC2c2cn(CCC(C)C)c3ccccc23)cc1OC. The minimum absolute atomic E-state index is 0.277. The van der Waals surface area contributed by atoms with Crippen LogP contribution in [0.5, 0.6) is 11.5 Å². The Balaban J connectivity index is 1.71. The van der Waals surface area contributed by atoms with Crippen molar-refractivity contribution < 1.29 is 9.47 Å². The maximum atomic E-state index is 5.55. The predicted molar refractivity (Wildman–Crippen MR) is 119 cm³/mol. The van der Waals surface area contributed by atoms with Gasteiger partial charge in [-0.25, -0.2) is 0 Å². The average Bonchev–Trinajstić information content (AvgIpc) is 3.36. The number of nitrogens with one attached hydrogen (secondary N) is 1. The van der Waals surface area contributed by atoms with E-state index in [1.807, 2.05) is 6.07 Å². The van der Waals surface area contributed by atoms with Crippen LogP contribution in [0.1, 0.15) is 49.8 Å².